The summed E-state index contributed by atoms with van der Waals surface area (Å²) in [6, 6.07) is 12.2. The Morgan fingerprint density at radius 3 is 2.68 bits per heavy atom. The Bertz CT molecular complexity index is 874. The molecule has 0 amide bonds. The standard InChI is InChI=1S/C19H19ClN4S/c1-13(2)16-8-4-5-9-17(16)24-18(15-7-6-10-21-11-15)22-23-19(24)25-12-14(3)20/h4-11,13H,3,12H2,1-2H3. The molecular formula is C19H19ClN4S. The monoisotopic (exact) mass is 370 g/mol. The lowest BCUT2D eigenvalue weighted by atomic mass is 10.0. The quantitative estimate of drug-likeness (QED) is 0.552. The fourth-order valence-corrected chi connectivity index (χ4v) is 3.45. The molecule has 0 bridgehead atoms. The van der Waals surface area contributed by atoms with Gasteiger partial charge < -0.3 is 0 Å². The van der Waals surface area contributed by atoms with Crippen LogP contribution >= 0.6 is 23.4 Å². The highest BCUT2D eigenvalue weighted by molar-refractivity contribution is 7.99. The van der Waals surface area contributed by atoms with Gasteiger partial charge in [0.15, 0.2) is 11.0 Å². The summed E-state index contributed by atoms with van der Waals surface area (Å²) >= 11 is 7.47. The molecule has 3 rings (SSSR count). The van der Waals surface area contributed by atoms with E-state index in [4.69, 9.17) is 11.6 Å². The van der Waals surface area contributed by atoms with Crippen molar-refractivity contribution >= 4 is 23.4 Å². The van der Waals surface area contributed by atoms with Crippen molar-refractivity contribution in [2.45, 2.75) is 24.9 Å². The van der Waals surface area contributed by atoms with Gasteiger partial charge in [-0.3, -0.25) is 9.55 Å². The second-order valence-electron chi connectivity index (χ2n) is 5.90. The molecule has 0 radical (unpaired) electrons. The van der Waals surface area contributed by atoms with Gasteiger partial charge in [0, 0.05) is 28.7 Å². The van der Waals surface area contributed by atoms with Gasteiger partial charge >= 0.3 is 0 Å². The van der Waals surface area contributed by atoms with Crippen molar-refractivity contribution in [1.29, 1.82) is 0 Å². The highest BCUT2D eigenvalue weighted by Gasteiger charge is 2.19. The summed E-state index contributed by atoms with van der Waals surface area (Å²) in [6.07, 6.45) is 3.55. The number of para-hydroxylation sites is 1. The van der Waals surface area contributed by atoms with Crippen LogP contribution in [0.5, 0.6) is 0 Å². The minimum absolute atomic E-state index is 0.376. The summed E-state index contributed by atoms with van der Waals surface area (Å²) in [4.78, 5) is 4.21. The second-order valence-corrected chi connectivity index (χ2v) is 7.38. The van der Waals surface area contributed by atoms with E-state index in [-0.39, 0.29) is 0 Å². The normalized spacial score (nSPS) is 11.0. The molecule has 2 aromatic heterocycles. The molecule has 3 aromatic rings. The largest absolute Gasteiger partial charge is 0.270 e. The van der Waals surface area contributed by atoms with E-state index in [2.05, 4.69) is 58.4 Å². The first kappa shape index (κ1) is 17.7. The number of nitrogens with zero attached hydrogens (tertiary/aromatic N) is 4. The Balaban J connectivity index is 2.18. The minimum Gasteiger partial charge on any atom is -0.270 e. The molecule has 0 aliphatic heterocycles. The highest BCUT2D eigenvalue weighted by atomic mass is 35.5. The van der Waals surface area contributed by atoms with Crippen molar-refractivity contribution in [3.8, 4) is 17.1 Å². The number of rotatable bonds is 6. The van der Waals surface area contributed by atoms with E-state index in [1.165, 1.54) is 17.3 Å². The zero-order valence-electron chi connectivity index (χ0n) is 14.2. The molecule has 25 heavy (non-hydrogen) atoms. The van der Waals surface area contributed by atoms with Gasteiger partial charge in [0.25, 0.3) is 0 Å². The predicted octanol–water partition coefficient (Wildman–Crippen LogP) is 5.30. The van der Waals surface area contributed by atoms with E-state index in [1.807, 2.05) is 18.2 Å². The van der Waals surface area contributed by atoms with Crippen molar-refractivity contribution in [2.75, 3.05) is 5.75 Å². The average Bonchev–Trinajstić information content (AvgIpc) is 3.04. The molecule has 0 fully saturated rings. The Hall–Kier alpha value is -2.11. The first-order valence-electron chi connectivity index (χ1n) is 7.99. The Morgan fingerprint density at radius 2 is 2.00 bits per heavy atom. The highest BCUT2D eigenvalue weighted by Crippen LogP contribution is 2.32. The van der Waals surface area contributed by atoms with Gasteiger partial charge in [-0.15, -0.1) is 10.2 Å². The van der Waals surface area contributed by atoms with Crippen molar-refractivity contribution in [3.63, 3.8) is 0 Å². The van der Waals surface area contributed by atoms with E-state index in [9.17, 15) is 0 Å². The van der Waals surface area contributed by atoms with E-state index >= 15 is 0 Å². The van der Waals surface area contributed by atoms with Crippen LogP contribution in [0, 0.1) is 0 Å². The zero-order chi connectivity index (χ0) is 17.8. The number of hydrogen-bond donors (Lipinski definition) is 0. The fraction of sp³-hybridized carbons (Fsp3) is 0.211. The van der Waals surface area contributed by atoms with Crippen LogP contribution < -0.4 is 0 Å². The lowest BCUT2D eigenvalue weighted by Gasteiger charge is -2.16. The molecule has 1 aromatic carbocycles. The predicted molar refractivity (Wildman–Crippen MR) is 104 cm³/mol. The van der Waals surface area contributed by atoms with Gasteiger partial charge in [-0.05, 0) is 29.7 Å². The number of aromatic nitrogens is 4. The lowest BCUT2D eigenvalue weighted by Crippen LogP contribution is -2.05. The van der Waals surface area contributed by atoms with Gasteiger partial charge in [0.05, 0.1) is 5.69 Å². The van der Waals surface area contributed by atoms with Gasteiger partial charge in [-0.1, -0.05) is 62.0 Å². The van der Waals surface area contributed by atoms with Crippen LogP contribution in [0.3, 0.4) is 0 Å². The molecule has 0 saturated carbocycles. The zero-order valence-corrected chi connectivity index (χ0v) is 15.8. The van der Waals surface area contributed by atoms with Crippen LogP contribution in [0.15, 0.2) is 65.6 Å². The number of thioether (sulfide) groups is 1. The summed E-state index contributed by atoms with van der Waals surface area (Å²) in [5.74, 6) is 1.72. The smallest absolute Gasteiger partial charge is 0.196 e. The molecule has 6 heteroatoms. The van der Waals surface area contributed by atoms with Crippen molar-refractivity contribution in [1.82, 2.24) is 19.7 Å². The van der Waals surface area contributed by atoms with Crippen LogP contribution in [-0.4, -0.2) is 25.5 Å². The van der Waals surface area contributed by atoms with Crippen LogP contribution in [0.2, 0.25) is 0 Å². The number of pyridine rings is 1. The molecule has 0 saturated heterocycles. The number of halogens is 1. The molecule has 128 valence electrons. The SMILES string of the molecule is C=C(Cl)CSc1nnc(-c2cccnc2)n1-c1ccccc1C(C)C. The Kier molecular flexibility index (Phi) is 5.56. The molecule has 0 aliphatic rings. The van der Waals surface area contributed by atoms with Gasteiger partial charge in [-0.25, -0.2) is 0 Å². The molecule has 0 N–H and O–H groups in total. The van der Waals surface area contributed by atoms with Crippen LogP contribution in [-0.2, 0) is 0 Å². The average molecular weight is 371 g/mol. The van der Waals surface area contributed by atoms with Crippen LogP contribution in [0.1, 0.15) is 25.3 Å². The third-order valence-electron chi connectivity index (χ3n) is 3.71. The molecule has 0 spiro atoms. The van der Waals surface area contributed by atoms with Crippen LogP contribution in [0.4, 0.5) is 0 Å². The van der Waals surface area contributed by atoms with E-state index < -0.39 is 0 Å². The lowest BCUT2D eigenvalue weighted by molar-refractivity contribution is 0.819. The van der Waals surface area contributed by atoms with Gasteiger partial charge in [0.1, 0.15) is 0 Å². The summed E-state index contributed by atoms with van der Waals surface area (Å²) in [5.41, 5.74) is 3.23. The van der Waals surface area contributed by atoms with Gasteiger partial charge in [0.2, 0.25) is 0 Å². The second kappa shape index (κ2) is 7.85. The molecule has 0 atom stereocenters. The van der Waals surface area contributed by atoms with E-state index in [0.29, 0.717) is 16.7 Å². The van der Waals surface area contributed by atoms with E-state index in [0.717, 1.165) is 22.2 Å². The summed E-state index contributed by atoms with van der Waals surface area (Å²) in [5, 5.41) is 10.2. The van der Waals surface area contributed by atoms with Crippen molar-refractivity contribution in [3.05, 3.63) is 66.0 Å². The maximum absolute atomic E-state index is 5.95. The Labute approximate surface area is 157 Å². The minimum atomic E-state index is 0.376. The summed E-state index contributed by atoms with van der Waals surface area (Å²) in [6.45, 7) is 8.12. The molecule has 0 aliphatic carbocycles. The van der Waals surface area contributed by atoms with E-state index in [1.54, 1.807) is 12.4 Å². The van der Waals surface area contributed by atoms with Crippen LogP contribution in [0.25, 0.3) is 17.1 Å². The molecule has 0 unspecified atom stereocenters. The fourth-order valence-electron chi connectivity index (χ4n) is 2.58. The van der Waals surface area contributed by atoms with Gasteiger partial charge in [-0.2, -0.15) is 0 Å². The maximum atomic E-state index is 5.95. The summed E-state index contributed by atoms with van der Waals surface area (Å²) < 4.78 is 2.08. The third-order valence-corrected chi connectivity index (χ3v) is 5.02. The topological polar surface area (TPSA) is 43.6 Å². The number of benzene rings is 1. The summed E-state index contributed by atoms with van der Waals surface area (Å²) in [7, 11) is 0. The Morgan fingerprint density at radius 1 is 1.20 bits per heavy atom. The number of hydrogen-bond acceptors (Lipinski definition) is 4. The first-order chi connectivity index (χ1) is 12.1. The first-order valence-corrected chi connectivity index (χ1v) is 9.35. The van der Waals surface area contributed by atoms with Crippen molar-refractivity contribution < 1.29 is 0 Å². The maximum Gasteiger partial charge on any atom is 0.196 e. The molecule has 2 heterocycles. The third kappa shape index (κ3) is 3.94. The molecule has 4 nitrogen and oxygen atoms in total. The van der Waals surface area contributed by atoms with Crippen molar-refractivity contribution in [2.24, 2.45) is 0 Å². The molecular weight excluding hydrogens is 352 g/mol.